The highest BCUT2D eigenvalue weighted by molar-refractivity contribution is 5.17. The van der Waals surface area contributed by atoms with Gasteiger partial charge in [0, 0.05) is 36.1 Å². The summed E-state index contributed by atoms with van der Waals surface area (Å²) < 4.78 is 10.9. The van der Waals surface area contributed by atoms with Crippen molar-refractivity contribution in [2.24, 2.45) is 0 Å². The monoisotopic (exact) mass is 295 g/mol. The van der Waals surface area contributed by atoms with E-state index in [9.17, 15) is 0 Å². The van der Waals surface area contributed by atoms with Crippen molar-refractivity contribution >= 4 is 0 Å². The lowest BCUT2D eigenvalue weighted by Crippen LogP contribution is -2.35. The summed E-state index contributed by atoms with van der Waals surface area (Å²) in [6, 6.07) is 0.422. The molecule has 1 N–H and O–H groups in total. The highest BCUT2D eigenvalue weighted by Gasteiger charge is 2.10. The highest BCUT2D eigenvalue weighted by Crippen LogP contribution is 2.10. The number of aryl methyl sites for hydroxylation is 1. The summed E-state index contributed by atoms with van der Waals surface area (Å²) in [6.45, 7) is 13.2. The average molecular weight is 295 g/mol. The molecule has 1 aromatic rings. The molecule has 21 heavy (non-hydrogen) atoms. The number of hydrogen-bond donors (Lipinski definition) is 1. The smallest absolute Gasteiger partial charge is 0.316 e. The molecule has 120 valence electrons. The van der Waals surface area contributed by atoms with Gasteiger partial charge in [0.05, 0.1) is 6.61 Å². The van der Waals surface area contributed by atoms with Gasteiger partial charge in [-0.2, -0.15) is 0 Å². The number of nitrogens with one attached hydrogen (secondary N) is 1. The Hall–Kier alpha value is -1.20. The van der Waals surface area contributed by atoms with Gasteiger partial charge in [0.15, 0.2) is 0 Å². The van der Waals surface area contributed by atoms with Crippen LogP contribution in [0.2, 0.25) is 0 Å². The lowest BCUT2D eigenvalue weighted by atomic mass is 10.1. The molecule has 0 atom stereocenters. The molecule has 0 fully saturated rings. The van der Waals surface area contributed by atoms with Crippen molar-refractivity contribution in [3.8, 4) is 6.01 Å². The molecular weight excluding hydrogens is 266 g/mol. The number of nitrogens with zero attached hydrogens (tertiary/aromatic N) is 2. The van der Waals surface area contributed by atoms with Crippen molar-refractivity contribution in [3.63, 3.8) is 0 Å². The van der Waals surface area contributed by atoms with Crippen molar-refractivity contribution in [3.05, 3.63) is 17.5 Å². The van der Waals surface area contributed by atoms with E-state index in [4.69, 9.17) is 9.47 Å². The molecule has 1 aromatic heterocycles. The summed E-state index contributed by atoms with van der Waals surface area (Å²) in [5.74, 6) is 0. The van der Waals surface area contributed by atoms with E-state index in [2.05, 4.69) is 43.0 Å². The Morgan fingerprint density at radius 1 is 1.19 bits per heavy atom. The molecular formula is C16H29N3O2. The number of unbranched alkanes of at least 4 members (excludes halogenated alkanes) is 1. The Bertz CT molecular complexity index is 416. The molecule has 0 aliphatic heterocycles. The van der Waals surface area contributed by atoms with Crippen LogP contribution in [0.4, 0.5) is 0 Å². The van der Waals surface area contributed by atoms with Crippen LogP contribution in [0, 0.1) is 6.92 Å². The van der Waals surface area contributed by atoms with Crippen molar-refractivity contribution in [2.75, 3.05) is 19.8 Å². The van der Waals surface area contributed by atoms with E-state index in [0.717, 1.165) is 37.3 Å². The SMILES string of the molecule is CCCCOCCOc1ncc(CNC(C)(C)C)c(C)n1. The first-order valence-corrected chi connectivity index (χ1v) is 7.70. The zero-order valence-electron chi connectivity index (χ0n) is 14.0. The quantitative estimate of drug-likeness (QED) is 0.710. The largest absolute Gasteiger partial charge is 0.461 e. The molecule has 0 bridgehead atoms. The van der Waals surface area contributed by atoms with E-state index in [-0.39, 0.29) is 5.54 Å². The first kappa shape index (κ1) is 17.9. The minimum atomic E-state index is 0.0808. The minimum absolute atomic E-state index is 0.0808. The summed E-state index contributed by atoms with van der Waals surface area (Å²) in [4.78, 5) is 8.62. The maximum Gasteiger partial charge on any atom is 0.316 e. The molecule has 1 rings (SSSR count). The third-order valence-electron chi connectivity index (χ3n) is 2.97. The van der Waals surface area contributed by atoms with Crippen LogP contribution in [0.15, 0.2) is 6.20 Å². The third-order valence-corrected chi connectivity index (χ3v) is 2.97. The Morgan fingerprint density at radius 3 is 2.57 bits per heavy atom. The predicted molar refractivity (Wildman–Crippen MR) is 84.6 cm³/mol. The Balaban J connectivity index is 2.36. The minimum Gasteiger partial charge on any atom is -0.461 e. The fraction of sp³-hybridized carbons (Fsp3) is 0.750. The van der Waals surface area contributed by atoms with Crippen molar-refractivity contribution in [1.29, 1.82) is 0 Å². The molecule has 5 heteroatoms. The maximum atomic E-state index is 5.50. The Kier molecular flexibility index (Phi) is 7.61. The summed E-state index contributed by atoms with van der Waals surface area (Å²) >= 11 is 0. The van der Waals surface area contributed by atoms with Crippen molar-refractivity contribution in [1.82, 2.24) is 15.3 Å². The molecule has 0 aliphatic carbocycles. The Morgan fingerprint density at radius 2 is 1.95 bits per heavy atom. The average Bonchev–Trinajstić information content (AvgIpc) is 2.40. The van der Waals surface area contributed by atoms with Gasteiger partial charge in [-0.3, -0.25) is 0 Å². The van der Waals surface area contributed by atoms with E-state index >= 15 is 0 Å². The van der Waals surface area contributed by atoms with Gasteiger partial charge in [0.2, 0.25) is 0 Å². The molecule has 0 aromatic carbocycles. The highest BCUT2D eigenvalue weighted by atomic mass is 16.5. The van der Waals surface area contributed by atoms with E-state index in [1.807, 2.05) is 13.1 Å². The summed E-state index contributed by atoms with van der Waals surface area (Å²) in [5, 5.41) is 3.43. The van der Waals surface area contributed by atoms with E-state index in [1.165, 1.54) is 0 Å². The van der Waals surface area contributed by atoms with E-state index < -0.39 is 0 Å². The topological polar surface area (TPSA) is 56.3 Å². The lowest BCUT2D eigenvalue weighted by Gasteiger charge is -2.20. The third kappa shape index (κ3) is 7.97. The zero-order chi connectivity index (χ0) is 15.7. The number of rotatable bonds is 9. The van der Waals surface area contributed by atoms with Gasteiger partial charge >= 0.3 is 6.01 Å². The second kappa shape index (κ2) is 8.95. The standard InChI is InChI=1S/C16H29N3O2/c1-6-7-8-20-9-10-21-15-17-11-14(13(2)19-15)12-18-16(3,4)5/h11,18H,6-10,12H2,1-5H3. The normalized spacial score (nSPS) is 11.7. The van der Waals surface area contributed by atoms with Gasteiger partial charge in [0.25, 0.3) is 0 Å². The molecule has 5 nitrogen and oxygen atoms in total. The zero-order valence-corrected chi connectivity index (χ0v) is 14.0. The molecule has 0 unspecified atom stereocenters. The second-order valence-corrected chi connectivity index (χ2v) is 6.18. The summed E-state index contributed by atoms with van der Waals surface area (Å²) in [6.07, 6.45) is 4.06. The van der Waals surface area contributed by atoms with Crippen LogP contribution >= 0.6 is 0 Å². The van der Waals surface area contributed by atoms with Crippen LogP contribution in [-0.2, 0) is 11.3 Å². The van der Waals surface area contributed by atoms with Crippen LogP contribution in [0.1, 0.15) is 51.8 Å². The molecule has 1 heterocycles. The van der Waals surface area contributed by atoms with Crippen molar-refractivity contribution in [2.45, 2.75) is 59.5 Å². The van der Waals surface area contributed by atoms with Gasteiger partial charge in [-0.15, -0.1) is 0 Å². The van der Waals surface area contributed by atoms with Crippen LogP contribution in [0.5, 0.6) is 6.01 Å². The van der Waals surface area contributed by atoms with Crippen molar-refractivity contribution < 1.29 is 9.47 Å². The van der Waals surface area contributed by atoms with Gasteiger partial charge in [0.1, 0.15) is 6.61 Å². The van der Waals surface area contributed by atoms with E-state index in [0.29, 0.717) is 19.2 Å². The van der Waals surface area contributed by atoms with Gasteiger partial charge in [-0.25, -0.2) is 9.97 Å². The lowest BCUT2D eigenvalue weighted by molar-refractivity contribution is 0.0946. The predicted octanol–water partition coefficient (Wildman–Crippen LogP) is 2.87. The maximum absolute atomic E-state index is 5.50. The number of ether oxygens (including phenoxy) is 2. The molecule has 0 saturated heterocycles. The summed E-state index contributed by atoms with van der Waals surface area (Å²) in [7, 11) is 0. The van der Waals surface area contributed by atoms with Crippen LogP contribution < -0.4 is 10.1 Å². The van der Waals surface area contributed by atoms with E-state index in [1.54, 1.807) is 0 Å². The van der Waals surface area contributed by atoms with Gasteiger partial charge in [-0.1, -0.05) is 13.3 Å². The molecule has 0 radical (unpaired) electrons. The molecule has 0 spiro atoms. The Labute approximate surface area is 128 Å². The van der Waals surface area contributed by atoms with Crippen LogP contribution in [-0.4, -0.2) is 35.3 Å². The molecule has 0 saturated carbocycles. The second-order valence-electron chi connectivity index (χ2n) is 6.18. The fourth-order valence-corrected chi connectivity index (χ4v) is 1.61. The van der Waals surface area contributed by atoms with Crippen LogP contribution in [0.25, 0.3) is 0 Å². The number of aromatic nitrogens is 2. The first-order valence-electron chi connectivity index (χ1n) is 7.70. The summed E-state index contributed by atoms with van der Waals surface area (Å²) in [5.41, 5.74) is 2.12. The molecule has 0 aliphatic rings. The first-order chi connectivity index (χ1) is 9.92. The molecule has 0 amide bonds. The fourth-order valence-electron chi connectivity index (χ4n) is 1.61. The van der Waals surface area contributed by atoms with Gasteiger partial charge < -0.3 is 14.8 Å². The number of hydrogen-bond acceptors (Lipinski definition) is 5. The van der Waals surface area contributed by atoms with Crippen LogP contribution in [0.3, 0.4) is 0 Å². The van der Waals surface area contributed by atoms with Gasteiger partial charge in [-0.05, 0) is 34.1 Å².